The van der Waals surface area contributed by atoms with Crippen LogP contribution in [0, 0.1) is 0 Å². The molecule has 41 heavy (non-hydrogen) atoms. The summed E-state index contributed by atoms with van der Waals surface area (Å²) < 4.78 is 22.2. The smallest absolute Gasteiger partial charge is 0.301 e. The molecule has 1 aliphatic rings. The second-order valence-corrected chi connectivity index (χ2v) is 12.6. The molecule has 0 aliphatic carbocycles. The van der Waals surface area contributed by atoms with Crippen LogP contribution >= 0.6 is 7.44 Å². The highest BCUT2D eigenvalue weighted by Gasteiger charge is 2.48. The van der Waals surface area contributed by atoms with Crippen LogP contribution in [0.4, 0.5) is 22.7 Å². The Balaban J connectivity index is 1.42. The highest BCUT2D eigenvalue weighted by atomic mass is 31.2. The van der Waals surface area contributed by atoms with E-state index in [1.807, 2.05) is 83.5 Å². The first-order valence-electron chi connectivity index (χ1n) is 13.7. The van der Waals surface area contributed by atoms with Gasteiger partial charge in [0, 0.05) is 22.1 Å². The Labute approximate surface area is 238 Å². The molecule has 196 valence electrons. The molecule has 6 aromatic carbocycles. The van der Waals surface area contributed by atoms with Crippen LogP contribution in [0.3, 0.4) is 0 Å². The fourth-order valence-electron chi connectivity index (χ4n) is 6.17. The normalized spacial score (nSPS) is 16.4. The summed E-state index contributed by atoms with van der Waals surface area (Å²) >= 11 is 0. The molecule has 1 aliphatic heterocycles. The van der Waals surface area contributed by atoms with Crippen LogP contribution in [-0.4, -0.2) is 4.57 Å². The largest absolute Gasteiger partial charge is 0.309 e. The highest BCUT2D eigenvalue weighted by molar-refractivity contribution is 7.76. The summed E-state index contributed by atoms with van der Waals surface area (Å²) in [6.07, 6.45) is 0. The Morgan fingerprint density at radius 1 is 0.415 bits per heavy atom. The van der Waals surface area contributed by atoms with Crippen LogP contribution in [0.15, 0.2) is 158 Å². The van der Waals surface area contributed by atoms with Gasteiger partial charge >= 0.3 is 7.44 Å². The van der Waals surface area contributed by atoms with Crippen LogP contribution in [0.1, 0.15) is 0 Å². The van der Waals surface area contributed by atoms with Crippen molar-refractivity contribution in [3.8, 4) is 5.69 Å². The second-order valence-electron chi connectivity index (χ2n) is 10.2. The number of hydrogen-bond donors (Lipinski definition) is 0. The van der Waals surface area contributed by atoms with Crippen molar-refractivity contribution in [3.05, 3.63) is 158 Å². The zero-order valence-corrected chi connectivity index (χ0v) is 23.1. The van der Waals surface area contributed by atoms with Crippen LogP contribution in [0.2, 0.25) is 0 Å². The van der Waals surface area contributed by atoms with Gasteiger partial charge in [-0.25, -0.2) is 0 Å². The molecule has 0 bridgehead atoms. The number of anilines is 4. The van der Waals surface area contributed by atoms with Crippen molar-refractivity contribution in [2.75, 3.05) is 9.34 Å². The monoisotopic (exact) mass is 547 g/mol. The van der Waals surface area contributed by atoms with E-state index < -0.39 is 7.44 Å². The predicted octanol–water partition coefficient (Wildman–Crippen LogP) is 9.59. The molecule has 5 heteroatoms. The maximum absolute atomic E-state index is 15.8. The lowest BCUT2D eigenvalue weighted by Crippen LogP contribution is -2.26. The Kier molecular flexibility index (Phi) is 5.38. The average molecular weight is 548 g/mol. The van der Waals surface area contributed by atoms with Crippen LogP contribution in [0.25, 0.3) is 27.5 Å². The summed E-state index contributed by atoms with van der Waals surface area (Å²) in [5.41, 5.74) is 7.02. The molecule has 0 saturated heterocycles. The van der Waals surface area contributed by atoms with E-state index in [1.165, 1.54) is 0 Å². The number of fused-ring (bicyclic) bond motifs is 4. The SMILES string of the molecule is O=P1(c2ccccc2)N(c2ccccc2)c2ccccc2N1c1ccc2c(c1)c1ccccc1n2-c1ccccc1. The van der Waals surface area contributed by atoms with E-state index in [2.05, 4.69) is 88.1 Å². The van der Waals surface area contributed by atoms with Crippen molar-refractivity contribution in [1.29, 1.82) is 0 Å². The molecule has 7 aromatic rings. The fourth-order valence-corrected chi connectivity index (χ4v) is 9.17. The number of benzene rings is 6. The molecular weight excluding hydrogens is 521 g/mol. The number of aromatic nitrogens is 1. The van der Waals surface area contributed by atoms with Gasteiger partial charge in [-0.2, -0.15) is 0 Å². The first-order chi connectivity index (χ1) is 20.2. The van der Waals surface area contributed by atoms with Crippen molar-refractivity contribution in [1.82, 2.24) is 4.57 Å². The van der Waals surface area contributed by atoms with Gasteiger partial charge in [0.1, 0.15) is 0 Å². The van der Waals surface area contributed by atoms with E-state index in [0.29, 0.717) is 0 Å². The summed E-state index contributed by atoms with van der Waals surface area (Å²) in [5.74, 6) is 0. The molecule has 0 saturated carbocycles. The van der Waals surface area contributed by atoms with Gasteiger partial charge in [0.25, 0.3) is 0 Å². The lowest BCUT2D eigenvalue weighted by molar-refractivity contribution is 0.582. The van der Waals surface area contributed by atoms with Gasteiger partial charge in [0.05, 0.1) is 33.4 Å². The molecule has 1 aromatic heterocycles. The summed E-state index contributed by atoms with van der Waals surface area (Å²) in [6.45, 7) is 0. The number of rotatable bonds is 4. The lowest BCUT2D eigenvalue weighted by atomic mass is 10.1. The first kappa shape index (κ1) is 23.8. The van der Waals surface area contributed by atoms with Crippen LogP contribution in [0.5, 0.6) is 0 Å². The minimum absolute atomic E-state index is 0.784. The molecule has 0 fully saturated rings. The van der Waals surface area contributed by atoms with Crippen LogP contribution < -0.4 is 14.6 Å². The zero-order chi connectivity index (χ0) is 27.4. The lowest BCUT2D eigenvalue weighted by Gasteiger charge is -2.33. The molecule has 4 nitrogen and oxygen atoms in total. The van der Waals surface area contributed by atoms with Crippen molar-refractivity contribution < 1.29 is 4.57 Å². The second kappa shape index (κ2) is 9.26. The first-order valence-corrected chi connectivity index (χ1v) is 15.4. The molecule has 2 heterocycles. The van der Waals surface area contributed by atoms with Crippen molar-refractivity contribution in [2.24, 2.45) is 0 Å². The van der Waals surface area contributed by atoms with Gasteiger partial charge in [-0.15, -0.1) is 0 Å². The Morgan fingerprint density at radius 3 is 1.61 bits per heavy atom. The predicted molar refractivity (Wildman–Crippen MR) is 172 cm³/mol. The highest BCUT2D eigenvalue weighted by Crippen LogP contribution is 2.70. The van der Waals surface area contributed by atoms with Gasteiger partial charge in [-0.05, 0) is 72.8 Å². The molecule has 0 spiro atoms. The number of nitrogens with zero attached hydrogens (tertiary/aromatic N) is 3. The molecular formula is C36H26N3OP. The topological polar surface area (TPSA) is 28.5 Å². The Hall–Kier alpha value is -5.05. The van der Waals surface area contributed by atoms with E-state index >= 15 is 4.57 Å². The molecule has 0 radical (unpaired) electrons. The third-order valence-corrected chi connectivity index (χ3v) is 10.8. The summed E-state index contributed by atoms with van der Waals surface area (Å²) in [7, 11) is -3.40. The van der Waals surface area contributed by atoms with E-state index in [9.17, 15) is 0 Å². The number of para-hydroxylation sites is 5. The van der Waals surface area contributed by atoms with Gasteiger partial charge in [-0.3, -0.25) is 13.9 Å². The van der Waals surface area contributed by atoms with E-state index in [0.717, 1.165) is 55.5 Å². The van der Waals surface area contributed by atoms with E-state index in [-0.39, 0.29) is 0 Å². The number of hydrogen-bond acceptors (Lipinski definition) is 1. The molecule has 8 rings (SSSR count). The van der Waals surface area contributed by atoms with E-state index in [4.69, 9.17) is 0 Å². The van der Waals surface area contributed by atoms with Crippen molar-refractivity contribution in [2.45, 2.75) is 0 Å². The van der Waals surface area contributed by atoms with Gasteiger partial charge < -0.3 is 4.57 Å². The Bertz CT molecular complexity index is 2090. The van der Waals surface area contributed by atoms with Crippen molar-refractivity contribution in [3.63, 3.8) is 0 Å². The molecule has 0 amide bonds. The minimum atomic E-state index is -3.40. The molecule has 1 unspecified atom stereocenters. The maximum Gasteiger partial charge on any atom is 0.301 e. The van der Waals surface area contributed by atoms with Gasteiger partial charge in [0.15, 0.2) is 0 Å². The van der Waals surface area contributed by atoms with E-state index in [1.54, 1.807) is 0 Å². The Morgan fingerprint density at radius 2 is 0.927 bits per heavy atom. The van der Waals surface area contributed by atoms with Crippen LogP contribution in [-0.2, 0) is 4.57 Å². The summed E-state index contributed by atoms with van der Waals surface area (Å²) in [6, 6.07) is 53.6. The molecule has 1 atom stereocenters. The quantitative estimate of drug-likeness (QED) is 0.205. The van der Waals surface area contributed by atoms with Gasteiger partial charge in [-0.1, -0.05) is 84.9 Å². The average Bonchev–Trinajstić information content (AvgIpc) is 3.51. The maximum atomic E-state index is 15.8. The third-order valence-electron chi connectivity index (χ3n) is 7.89. The fraction of sp³-hybridized carbons (Fsp3) is 0. The van der Waals surface area contributed by atoms with Crippen molar-refractivity contribution >= 4 is 57.3 Å². The summed E-state index contributed by atoms with van der Waals surface area (Å²) in [5, 5.41) is 3.07. The van der Waals surface area contributed by atoms with Gasteiger partial charge in [0.2, 0.25) is 0 Å². The minimum Gasteiger partial charge on any atom is -0.309 e. The third kappa shape index (κ3) is 3.51. The molecule has 0 N–H and O–H groups in total. The standard InChI is InChI=1S/C36H26N3OP/c40-41(30-18-8-3-9-19-30)38(28-16-6-2-7-17-28)35-22-12-13-23-36(35)39(41)29-24-25-34-32(26-29)31-20-10-11-21-33(31)37(34)27-14-4-1-5-15-27/h1-26H. The summed E-state index contributed by atoms with van der Waals surface area (Å²) in [4.78, 5) is 0. The zero-order valence-electron chi connectivity index (χ0n) is 22.2.